The number of nitrogens with zero attached hydrogens (tertiary/aromatic N) is 2. The Morgan fingerprint density at radius 1 is 1.10 bits per heavy atom. The molecule has 20 heavy (non-hydrogen) atoms. The van der Waals surface area contributed by atoms with Gasteiger partial charge in [-0.3, -0.25) is 0 Å². The van der Waals surface area contributed by atoms with Crippen molar-refractivity contribution in [2.75, 3.05) is 5.73 Å². The largest absolute Gasteiger partial charge is 0.435 e. The van der Waals surface area contributed by atoms with Gasteiger partial charge in [-0.1, -0.05) is 15.9 Å². The Morgan fingerprint density at radius 3 is 2.80 bits per heavy atom. The van der Waals surface area contributed by atoms with Gasteiger partial charge in [0.1, 0.15) is 6.33 Å². The number of hydrogen-bond donors (Lipinski definition) is 1. The minimum absolute atomic E-state index is 0.0937. The first kappa shape index (κ1) is 12.8. The van der Waals surface area contributed by atoms with E-state index < -0.39 is 5.82 Å². The fourth-order valence-corrected chi connectivity index (χ4v) is 2.13. The monoisotopic (exact) mass is 333 g/mol. The summed E-state index contributed by atoms with van der Waals surface area (Å²) in [4.78, 5) is 8.16. The molecule has 1 aromatic heterocycles. The van der Waals surface area contributed by atoms with Crippen LogP contribution in [0.15, 0.2) is 47.2 Å². The first-order valence-corrected chi connectivity index (χ1v) is 6.56. The van der Waals surface area contributed by atoms with Gasteiger partial charge < -0.3 is 10.5 Å². The molecule has 2 aromatic carbocycles. The van der Waals surface area contributed by atoms with Gasteiger partial charge >= 0.3 is 0 Å². The third-order valence-electron chi connectivity index (χ3n) is 2.72. The summed E-state index contributed by atoms with van der Waals surface area (Å²) < 4.78 is 20.0. The van der Waals surface area contributed by atoms with Crippen LogP contribution >= 0.6 is 15.9 Å². The summed E-state index contributed by atoms with van der Waals surface area (Å²) in [6.45, 7) is 0. The highest BCUT2D eigenvalue weighted by atomic mass is 79.9. The molecule has 0 unspecified atom stereocenters. The fourth-order valence-electron chi connectivity index (χ4n) is 1.79. The molecule has 4 nitrogen and oxygen atoms in total. The van der Waals surface area contributed by atoms with Crippen LogP contribution in [0.2, 0.25) is 0 Å². The van der Waals surface area contributed by atoms with Crippen molar-refractivity contribution in [1.82, 2.24) is 9.97 Å². The number of ether oxygens (including phenoxy) is 1. The van der Waals surface area contributed by atoms with Crippen molar-refractivity contribution in [1.29, 1.82) is 0 Å². The topological polar surface area (TPSA) is 61.0 Å². The minimum atomic E-state index is -0.463. The molecule has 0 aliphatic carbocycles. The highest BCUT2D eigenvalue weighted by Gasteiger charge is 2.10. The number of hydrogen-bond acceptors (Lipinski definition) is 4. The third-order valence-corrected chi connectivity index (χ3v) is 3.22. The summed E-state index contributed by atoms with van der Waals surface area (Å²) in [5.41, 5.74) is 6.94. The number of benzene rings is 2. The lowest BCUT2D eigenvalue weighted by Gasteiger charge is -2.08. The molecule has 6 heteroatoms. The molecule has 0 fully saturated rings. The molecule has 0 saturated carbocycles. The van der Waals surface area contributed by atoms with Crippen molar-refractivity contribution in [3.05, 3.63) is 53.0 Å². The normalized spacial score (nSPS) is 10.7. The van der Waals surface area contributed by atoms with E-state index in [0.717, 1.165) is 4.47 Å². The molecule has 0 radical (unpaired) electrons. The van der Waals surface area contributed by atoms with Gasteiger partial charge in [-0.15, -0.1) is 0 Å². The molecule has 1 heterocycles. The number of fused-ring (bicyclic) bond motifs is 1. The van der Waals surface area contributed by atoms with Crippen molar-refractivity contribution in [2.24, 2.45) is 0 Å². The minimum Gasteiger partial charge on any atom is -0.435 e. The quantitative estimate of drug-likeness (QED) is 0.722. The lowest BCUT2D eigenvalue weighted by atomic mass is 10.2. The van der Waals surface area contributed by atoms with Crippen LogP contribution in [-0.4, -0.2) is 9.97 Å². The average molecular weight is 334 g/mol. The summed E-state index contributed by atoms with van der Waals surface area (Å²) in [6.07, 6.45) is 1.35. The zero-order chi connectivity index (χ0) is 14.1. The van der Waals surface area contributed by atoms with Gasteiger partial charge in [0.2, 0.25) is 5.88 Å². The van der Waals surface area contributed by atoms with Crippen LogP contribution in [0, 0.1) is 5.82 Å². The van der Waals surface area contributed by atoms with E-state index in [1.165, 1.54) is 12.4 Å². The molecule has 100 valence electrons. The van der Waals surface area contributed by atoms with E-state index in [2.05, 4.69) is 25.9 Å². The Kier molecular flexibility index (Phi) is 3.23. The summed E-state index contributed by atoms with van der Waals surface area (Å²) in [5.74, 6) is -0.0846. The predicted molar refractivity (Wildman–Crippen MR) is 78.1 cm³/mol. The number of nitrogen functional groups attached to an aromatic ring is 1. The smallest absolute Gasteiger partial charge is 0.230 e. The molecule has 0 amide bonds. The standard InChI is InChI=1S/C14H9BrFN3O/c15-8-1-4-11(16)13(5-8)20-14-10-3-2-9(17)6-12(10)18-7-19-14/h1-7H,17H2. The van der Waals surface area contributed by atoms with E-state index in [9.17, 15) is 4.39 Å². The molecule has 3 aromatic rings. The second kappa shape index (κ2) is 5.05. The van der Waals surface area contributed by atoms with Crippen LogP contribution in [0.5, 0.6) is 11.6 Å². The third kappa shape index (κ3) is 2.42. The second-order valence-electron chi connectivity index (χ2n) is 4.13. The van der Waals surface area contributed by atoms with Crippen LogP contribution < -0.4 is 10.5 Å². The van der Waals surface area contributed by atoms with Crippen LogP contribution in [0.4, 0.5) is 10.1 Å². The zero-order valence-corrected chi connectivity index (χ0v) is 11.8. The number of anilines is 1. The molecule has 3 rings (SSSR count). The second-order valence-corrected chi connectivity index (χ2v) is 5.05. The SMILES string of the molecule is Nc1ccc2c(Oc3cc(Br)ccc3F)ncnc2c1. The first-order valence-electron chi connectivity index (χ1n) is 5.76. The lowest BCUT2D eigenvalue weighted by molar-refractivity contribution is 0.431. The van der Waals surface area contributed by atoms with Gasteiger partial charge in [0, 0.05) is 10.2 Å². The Bertz CT molecular complexity index is 794. The Hall–Kier alpha value is -2.21. The van der Waals surface area contributed by atoms with Gasteiger partial charge in [-0.2, -0.15) is 0 Å². The number of halogens is 2. The predicted octanol–water partition coefficient (Wildman–Crippen LogP) is 3.91. The van der Waals surface area contributed by atoms with E-state index in [1.54, 1.807) is 30.3 Å². The van der Waals surface area contributed by atoms with E-state index in [-0.39, 0.29) is 11.6 Å². The van der Waals surface area contributed by atoms with Crippen molar-refractivity contribution < 1.29 is 9.13 Å². The summed E-state index contributed by atoms with van der Waals surface area (Å²) >= 11 is 3.27. The Morgan fingerprint density at radius 2 is 1.95 bits per heavy atom. The van der Waals surface area contributed by atoms with E-state index >= 15 is 0 Å². The molecular weight excluding hydrogens is 325 g/mol. The van der Waals surface area contributed by atoms with E-state index in [0.29, 0.717) is 16.6 Å². The maximum Gasteiger partial charge on any atom is 0.230 e. The fraction of sp³-hybridized carbons (Fsp3) is 0. The molecular formula is C14H9BrFN3O. The number of aromatic nitrogens is 2. The molecule has 0 aliphatic rings. The summed E-state index contributed by atoms with van der Waals surface area (Å²) in [7, 11) is 0. The highest BCUT2D eigenvalue weighted by Crippen LogP contribution is 2.30. The Balaban J connectivity index is 2.09. The van der Waals surface area contributed by atoms with Gasteiger partial charge in [0.15, 0.2) is 11.6 Å². The summed E-state index contributed by atoms with van der Waals surface area (Å²) in [5, 5.41) is 0.668. The van der Waals surface area contributed by atoms with Gasteiger partial charge in [0.25, 0.3) is 0 Å². The van der Waals surface area contributed by atoms with Gasteiger partial charge in [0.05, 0.1) is 10.9 Å². The van der Waals surface area contributed by atoms with Gasteiger partial charge in [-0.05, 0) is 36.4 Å². The number of nitrogens with two attached hydrogens (primary N) is 1. The molecule has 0 saturated heterocycles. The molecule has 0 spiro atoms. The molecule has 0 atom stereocenters. The zero-order valence-electron chi connectivity index (χ0n) is 10.2. The van der Waals surface area contributed by atoms with Crippen LogP contribution in [0.25, 0.3) is 10.9 Å². The van der Waals surface area contributed by atoms with Crippen LogP contribution in [-0.2, 0) is 0 Å². The van der Waals surface area contributed by atoms with Crippen LogP contribution in [0.1, 0.15) is 0 Å². The van der Waals surface area contributed by atoms with E-state index in [4.69, 9.17) is 10.5 Å². The summed E-state index contributed by atoms with van der Waals surface area (Å²) in [6, 6.07) is 9.63. The molecule has 0 aliphatic heterocycles. The van der Waals surface area contributed by atoms with Gasteiger partial charge in [-0.25, -0.2) is 14.4 Å². The van der Waals surface area contributed by atoms with E-state index in [1.807, 2.05) is 0 Å². The maximum absolute atomic E-state index is 13.7. The Labute approximate surface area is 122 Å². The van der Waals surface area contributed by atoms with Crippen molar-refractivity contribution >= 4 is 32.5 Å². The first-order chi connectivity index (χ1) is 9.63. The maximum atomic E-state index is 13.7. The molecule has 2 N–H and O–H groups in total. The lowest BCUT2D eigenvalue weighted by Crippen LogP contribution is -1.94. The molecule has 0 bridgehead atoms. The number of rotatable bonds is 2. The van der Waals surface area contributed by atoms with Crippen molar-refractivity contribution in [3.8, 4) is 11.6 Å². The van der Waals surface area contributed by atoms with Crippen molar-refractivity contribution in [2.45, 2.75) is 0 Å². The average Bonchev–Trinajstić information content (AvgIpc) is 2.43. The highest BCUT2D eigenvalue weighted by molar-refractivity contribution is 9.10. The van der Waals surface area contributed by atoms with Crippen LogP contribution in [0.3, 0.4) is 0 Å². The van der Waals surface area contributed by atoms with Crippen molar-refractivity contribution in [3.63, 3.8) is 0 Å².